The number of para-hydroxylation sites is 1. The number of H-pyrrole nitrogens is 1. The summed E-state index contributed by atoms with van der Waals surface area (Å²) < 4.78 is 5.60. The molecule has 2 aliphatic heterocycles. The Bertz CT molecular complexity index is 1680. The van der Waals surface area contributed by atoms with Crippen LogP contribution in [0.15, 0.2) is 30.5 Å². The zero-order valence-electron chi connectivity index (χ0n) is 30.6. The van der Waals surface area contributed by atoms with Crippen LogP contribution in [0.2, 0.25) is 0 Å². The molecule has 290 valence electrons. The number of nitrogens with zero attached hydrogens (tertiary/aromatic N) is 1. The van der Waals surface area contributed by atoms with Gasteiger partial charge in [0.15, 0.2) is 0 Å². The van der Waals surface area contributed by atoms with Crippen molar-refractivity contribution in [1.82, 2.24) is 31.2 Å². The summed E-state index contributed by atoms with van der Waals surface area (Å²) in [5, 5.41) is 21.3. The van der Waals surface area contributed by atoms with E-state index in [-0.39, 0.29) is 38.1 Å². The number of rotatable bonds is 12. The molecule has 5 amide bonds. The maximum atomic E-state index is 14.2. The molecule has 0 bridgehead atoms. The number of carbonyl (C=O) groups excluding carboxylic acids is 6. The van der Waals surface area contributed by atoms with Crippen molar-refractivity contribution in [3.63, 3.8) is 0 Å². The number of fused-ring (bicyclic) bond motifs is 2. The molecular formula is C36H52N8O9. The molecule has 1 aromatic heterocycles. The van der Waals surface area contributed by atoms with Crippen molar-refractivity contribution in [2.75, 3.05) is 13.1 Å². The van der Waals surface area contributed by atoms with Gasteiger partial charge in [-0.1, -0.05) is 45.9 Å². The molecule has 2 saturated heterocycles. The number of hydrogen-bond acceptors (Lipinski definition) is 10. The van der Waals surface area contributed by atoms with E-state index < -0.39 is 96.2 Å². The van der Waals surface area contributed by atoms with E-state index in [2.05, 4.69) is 26.3 Å². The Hall–Kier alpha value is -5.03. The van der Waals surface area contributed by atoms with Crippen molar-refractivity contribution in [3.8, 4) is 0 Å². The normalized spacial score (nSPS) is 25.2. The number of ether oxygens (including phenoxy) is 1. The van der Waals surface area contributed by atoms with Gasteiger partial charge in [0.1, 0.15) is 42.4 Å². The van der Waals surface area contributed by atoms with Gasteiger partial charge in [0.25, 0.3) is 0 Å². The quantitative estimate of drug-likeness (QED) is 0.128. The van der Waals surface area contributed by atoms with Gasteiger partial charge in [-0.15, -0.1) is 0 Å². The van der Waals surface area contributed by atoms with Crippen LogP contribution in [0.4, 0.5) is 0 Å². The molecule has 17 nitrogen and oxygen atoms in total. The second-order valence-electron chi connectivity index (χ2n) is 14.5. The first-order valence-corrected chi connectivity index (χ1v) is 18.0. The van der Waals surface area contributed by atoms with Gasteiger partial charge in [-0.3, -0.25) is 33.6 Å². The Labute approximate surface area is 307 Å². The summed E-state index contributed by atoms with van der Waals surface area (Å²) >= 11 is 0. The summed E-state index contributed by atoms with van der Waals surface area (Å²) in [6.45, 7) is 7.10. The van der Waals surface area contributed by atoms with Crippen molar-refractivity contribution in [1.29, 1.82) is 0 Å². The number of hydrogen-bond donors (Lipinski definition) is 8. The largest absolute Gasteiger partial charge is 0.481 e. The summed E-state index contributed by atoms with van der Waals surface area (Å²) in [6, 6.07) is -0.268. The van der Waals surface area contributed by atoms with E-state index in [9.17, 15) is 38.7 Å². The Kier molecular flexibility index (Phi) is 13.9. The fourth-order valence-corrected chi connectivity index (χ4v) is 6.68. The molecule has 53 heavy (non-hydrogen) atoms. The SMILES string of the molecule is CC(C)C[C@@H]1NC(=O)[C@@H](C(C)C)NC(=O)[C@@H]2C[C@@H](OC(=O)[C@@H](N)CCCN)CN2C(=O)[C@@H](CC(=O)O)NC(=O)[C@@H](Cc2c[nH]c3ccccc23)NC1=O. The van der Waals surface area contributed by atoms with Gasteiger partial charge in [-0.2, -0.15) is 0 Å². The number of carboxylic acid groups (broad SMARTS) is 1. The molecule has 3 heterocycles. The fraction of sp³-hybridized carbons (Fsp3) is 0.583. The lowest BCUT2D eigenvalue weighted by molar-refractivity contribution is -0.151. The number of carboxylic acids is 1. The van der Waals surface area contributed by atoms with Crippen LogP contribution in [0.1, 0.15) is 65.4 Å². The first-order chi connectivity index (χ1) is 25.1. The maximum Gasteiger partial charge on any atom is 0.323 e. The summed E-state index contributed by atoms with van der Waals surface area (Å²) in [5.41, 5.74) is 13.0. The molecular weight excluding hydrogens is 688 g/mol. The highest BCUT2D eigenvalue weighted by molar-refractivity contribution is 5.99. The summed E-state index contributed by atoms with van der Waals surface area (Å²) in [5.74, 6) is -6.62. The van der Waals surface area contributed by atoms with Crippen LogP contribution in [-0.4, -0.2) is 112 Å². The van der Waals surface area contributed by atoms with Crippen LogP contribution in [0.5, 0.6) is 0 Å². The first-order valence-electron chi connectivity index (χ1n) is 18.0. The maximum absolute atomic E-state index is 14.2. The Balaban J connectivity index is 1.76. The van der Waals surface area contributed by atoms with E-state index in [1.54, 1.807) is 20.0 Å². The number of nitrogens with two attached hydrogens (primary N) is 2. The summed E-state index contributed by atoms with van der Waals surface area (Å²) in [4.78, 5) is 99.1. The van der Waals surface area contributed by atoms with Gasteiger partial charge in [-0.25, -0.2) is 0 Å². The number of benzene rings is 1. The van der Waals surface area contributed by atoms with E-state index in [0.29, 0.717) is 18.5 Å². The third kappa shape index (κ3) is 10.5. The first kappa shape index (κ1) is 40.7. The van der Waals surface area contributed by atoms with E-state index in [4.69, 9.17) is 16.2 Å². The van der Waals surface area contributed by atoms with Crippen LogP contribution < -0.4 is 32.7 Å². The molecule has 0 unspecified atom stereocenters. The van der Waals surface area contributed by atoms with E-state index in [1.807, 2.05) is 38.1 Å². The van der Waals surface area contributed by atoms with E-state index >= 15 is 0 Å². The van der Waals surface area contributed by atoms with Crippen LogP contribution in [0.3, 0.4) is 0 Å². The van der Waals surface area contributed by atoms with Gasteiger partial charge in [-0.05, 0) is 49.3 Å². The number of aromatic amines is 1. The predicted octanol–water partition coefficient (Wildman–Crippen LogP) is -0.581. The van der Waals surface area contributed by atoms with Crippen LogP contribution in [0, 0.1) is 11.8 Å². The van der Waals surface area contributed by atoms with E-state index in [1.165, 1.54) is 0 Å². The van der Waals surface area contributed by atoms with Crippen LogP contribution in [-0.2, 0) is 44.7 Å². The Morgan fingerprint density at radius 2 is 1.58 bits per heavy atom. The predicted molar refractivity (Wildman–Crippen MR) is 193 cm³/mol. The third-order valence-corrected chi connectivity index (χ3v) is 9.47. The molecule has 2 aromatic rings. The molecule has 2 fully saturated rings. The van der Waals surface area contributed by atoms with Crippen molar-refractivity contribution in [2.24, 2.45) is 23.3 Å². The number of carbonyl (C=O) groups is 7. The lowest BCUT2D eigenvalue weighted by Gasteiger charge is -2.30. The van der Waals surface area contributed by atoms with Gasteiger partial charge in [0.05, 0.1) is 13.0 Å². The van der Waals surface area contributed by atoms with Crippen molar-refractivity contribution in [2.45, 2.75) is 109 Å². The topological polar surface area (TPSA) is 268 Å². The Morgan fingerprint density at radius 1 is 0.925 bits per heavy atom. The molecule has 1 aromatic carbocycles. The zero-order valence-corrected chi connectivity index (χ0v) is 30.6. The molecule has 10 N–H and O–H groups in total. The van der Waals surface area contributed by atoms with E-state index in [0.717, 1.165) is 15.8 Å². The van der Waals surface area contributed by atoms with Gasteiger partial charge < -0.3 is 52.5 Å². The van der Waals surface area contributed by atoms with Crippen molar-refractivity contribution >= 4 is 52.4 Å². The molecule has 0 radical (unpaired) electrons. The highest BCUT2D eigenvalue weighted by Crippen LogP contribution is 2.25. The monoisotopic (exact) mass is 740 g/mol. The molecule has 4 rings (SSSR count). The van der Waals surface area contributed by atoms with Crippen LogP contribution in [0.25, 0.3) is 10.9 Å². The van der Waals surface area contributed by atoms with Crippen molar-refractivity contribution < 1.29 is 43.4 Å². The van der Waals surface area contributed by atoms with Crippen molar-refractivity contribution in [3.05, 3.63) is 36.0 Å². The van der Waals surface area contributed by atoms with Gasteiger partial charge >= 0.3 is 11.9 Å². The minimum absolute atomic E-state index is 0.0542. The standard InChI is InChI=1S/C36H52N8O9/c1-18(2)12-25-31(47)40-26(13-20-16-39-24-10-6-5-8-22(20)24)32(48)42-27(15-29(45)46)35(51)44-17-21(53-36(52)23(38)9-7-11-37)14-28(44)33(49)43-30(19(3)4)34(50)41-25/h5-6,8,10,16,18-19,21,23,25-28,30,39H,7,9,11-15,17,37-38H2,1-4H3,(H,40,47)(H,41,50)(H,42,48)(H,43,49)(H,45,46)/t21-,23+,25+,26-,27-,28+,30-/m1/s1. The number of aromatic nitrogens is 1. The Morgan fingerprint density at radius 3 is 2.25 bits per heavy atom. The molecule has 17 heteroatoms. The highest BCUT2D eigenvalue weighted by atomic mass is 16.5. The minimum atomic E-state index is -1.68. The number of nitrogens with one attached hydrogen (secondary N) is 5. The lowest BCUT2D eigenvalue weighted by atomic mass is 9.98. The second kappa shape index (κ2) is 18.1. The molecule has 7 atom stereocenters. The second-order valence-corrected chi connectivity index (χ2v) is 14.5. The van der Waals surface area contributed by atoms with Gasteiger partial charge in [0, 0.05) is 29.9 Å². The molecule has 2 aliphatic rings. The average molecular weight is 741 g/mol. The number of aliphatic carboxylic acids is 1. The summed E-state index contributed by atoms with van der Waals surface area (Å²) in [7, 11) is 0. The van der Waals surface area contributed by atoms with Crippen LogP contribution >= 0.6 is 0 Å². The van der Waals surface area contributed by atoms with Gasteiger partial charge in [0.2, 0.25) is 29.5 Å². The lowest BCUT2D eigenvalue weighted by Crippen LogP contribution is -2.59. The zero-order chi connectivity index (χ0) is 39.0. The third-order valence-electron chi connectivity index (χ3n) is 9.47. The number of amides is 5. The minimum Gasteiger partial charge on any atom is -0.481 e. The average Bonchev–Trinajstić information content (AvgIpc) is 3.71. The fourth-order valence-electron chi connectivity index (χ4n) is 6.68. The number of esters is 1. The molecule has 0 aliphatic carbocycles. The highest BCUT2D eigenvalue weighted by Gasteiger charge is 2.46. The smallest absolute Gasteiger partial charge is 0.323 e. The summed E-state index contributed by atoms with van der Waals surface area (Å²) in [6.07, 6.45) is 0.480. The molecule has 0 spiro atoms. The molecule has 0 saturated carbocycles.